The van der Waals surface area contributed by atoms with Gasteiger partial charge in [0.1, 0.15) is 5.82 Å². The number of rotatable bonds is 2. The van der Waals surface area contributed by atoms with Crippen molar-refractivity contribution in [3.05, 3.63) is 54.4 Å². The molecule has 0 aliphatic carbocycles. The van der Waals surface area contributed by atoms with Gasteiger partial charge >= 0.3 is 0 Å². The topological polar surface area (TPSA) is 0 Å². The van der Waals surface area contributed by atoms with Crippen molar-refractivity contribution >= 4 is 62.1 Å². The largest absolute Gasteiger partial charge is 0.207 e. The summed E-state index contributed by atoms with van der Waals surface area (Å²) in [4.78, 5) is 0. The molecule has 2 rings (SSSR count). The van der Waals surface area contributed by atoms with Crippen molar-refractivity contribution in [1.29, 1.82) is 0 Å². The lowest BCUT2D eigenvalue weighted by molar-refractivity contribution is 0.612. The molecule has 6 heteroatoms. The molecule has 0 N–H and O–H groups in total. The maximum Gasteiger partial charge on any atom is 0.128 e. The van der Waals surface area contributed by atoms with Gasteiger partial charge in [0.15, 0.2) is 0 Å². The van der Waals surface area contributed by atoms with E-state index in [2.05, 4.69) is 15.9 Å². The molecule has 1 heterocycles. The van der Waals surface area contributed by atoms with Crippen LogP contribution in [0.2, 0.25) is 8.67 Å². The molecule has 0 nitrogen and oxygen atoms in total. The average molecular weight is 374 g/mol. The Morgan fingerprint density at radius 1 is 1.18 bits per heavy atom. The van der Waals surface area contributed by atoms with Crippen molar-refractivity contribution in [2.75, 3.05) is 0 Å². The van der Waals surface area contributed by atoms with Crippen molar-refractivity contribution in [3.8, 4) is 0 Å². The minimum atomic E-state index is -0.649. The van der Waals surface area contributed by atoms with E-state index in [1.54, 1.807) is 18.2 Å². The first-order chi connectivity index (χ1) is 7.99. The van der Waals surface area contributed by atoms with Gasteiger partial charge in [0.05, 0.1) is 14.0 Å². The van der Waals surface area contributed by atoms with Crippen LogP contribution >= 0.6 is 62.1 Å². The highest BCUT2D eigenvalue weighted by Crippen LogP contribution is 2.41. The van der Waals surface area contributed by atoms with Crippen LogP contribution in [0.4, 0.5) is 4.39 Å². The molecule has 0 spiro atoms. The number of alkyl halides is 1. The van der Waals surface area contributed by atoms with Crippen LogP contribution in [0.5, 0.6) is 0 Å². The zero-order valence-electron chi connectivity index (χ0n) is 8.18. The van der Waals surface area contributed by atoms with Gasteiger partial charge in [0.2, 0.25) is 0 Å². The van der Waals surface area contributed by atoms with Gasteiger partial charge in [-0.2, -0.15) is 0 Å². The zero-order chi connectivity index (χ0) is 12.6. The Kier molecular flexibility index (Phi) is 4.37. The maximum absolute atomic E-state index is 13.7. The fraction of sp³-hybridized carbons (Fsp3) is 0.0909. The molecule has 0 fully saturated rings. The lowest BCUT2D eigenvalue weighted by Crippen LogP contribution is -1.96. The fourth-order valence-electron chi connectivity index (χ4n) is 1.40. The molecule has 1 aromatic carbocycles. The second kappa shape index (κ2) is 5.45. The monoisotopic (exact) mass is 372 g/mol. The van der Waals surface area contributed by atoms with Crippen molar-refractivity contribution in [3.63, 3.8) is 0 Å². The Morgan fingerprint density at radius 3 is 2.47 bits per heavy atom. The molecule has 0 radical (unpaired) electrons. The Hall–Kier alpha value is 0.200. The highest BCUT2D eigenvalue weighted by atomic mass is 79.9. The van der Waals surface area contributed by atoms with Crippen molar-refractivity contribution in [1.82, 2.24) is 0 Å². The maximum atomic E-state index is 13.7. The van der Waals surface area contributed by atoms with E-state index in [1.807, 2.05) is 0 Å². The molecular formula is C11H5BrCl3FS. The van der Waals surface area contributed by atoms with Gasteiger partial charge in [0.25, 0.3) is 0 Å². The summed E-state index contributed by atoms with van der Waals surface area (Å²) in [5.74, 6) is -0.369. The highest BCUT2D eigenvalue weighted by molar-refractivity contribution is 9.10. The summed E-state index contributed by atoms with van der Waals surface area (Å²) in [6, 6.07) is 6.27. The minimum Gasteiger partial charge on any atom is -0.207 e. The molecule has 0 aliphatic heterocycles. The van der Waals surface area contributed by atoms with Crippen LogP contribution < -0.4 is 0 Å². The number of benzene rings is 1. The number of halogens is 5. The van der Waals surface area contributed by atoms with E-state index in [1.165, 1.54) is 17.4 Å². The lowest BCUT2D eigenvalue weighted by Gasteiger charge is -2.10. The van der Waals surface area contributed by atoms with Gasteiger partial charge < -0.3 is 0 Å². The molecule has 1 unspecified atom stereocenters. The Balaban J connectivity index is 2.46. The molecule has 1 atom stereocenters. The quantitative estimate of drug-likeness (QED) is 0.542. The number of hydrogen-bond acceptors (Lipinski definition) is 1. The van der Waals surface area contributed by atoms with Gasteiger partial charge in [-0.1, -0.05) is 39.1 Å². The molecule has 0 amide bonds. The zero-order valence-corrected chi connectivity index (χ0v) is 12.9. The van der Waals surface area contributed by atoms with Gasteiger partial charge in [0, 0.05) is 15.6 Å². The third-order valence-electron chi connectivity index (χ3n) is 2.19. The van der Waals surface area contributed by atoms with Gasteiger partial charge in [-0.25, -0.2) is 4.39 Å². The van der Waals surface area contributed by atoms with Crippen molar-refractivity contribution < 1.29 is 4.39 Å². The molecule has 0 aliphatic rings. The van der Waals surface area contributed by atoms with Crippen LogP contribution in [0.25, 0.3) is 0 Å². The van der Waals surface area contributed by atoms with E-state index in [0.717, 1.165) is 4.47 Å². The lowest BCUT2D eigenvalue weighted by atomic mass is 10.1. The van der Waals surface area contributed by atoms with Crippen LogP contribution in [0.3, 0.4) is 0 Å². The first-order valence-corrected chi connectivity index (χ1v) is 7.33. The molecule has 0 saturated carbocycles. The van der Waals surface area contributed by atoms with Crippen LogP contribution in [0.1, 0.15) is 16.5 Å². The standard InChI is InChI=1S/C11H5BrCl3FS/c12-5-1-2-8(16)6(3-5)10(14)7-4-9(13)17-11(7)15/h1-4,10H. The normalized spacial score (nSPS) is 12.8. The molecular weight excluding hydrogens is 369 g/mol. The molecule has 1 aromatic heterocycles. The number of thiophene rings is 1. The Morgan fingerprint density at radius 2 is 1.88 bits per heavy atom. The first kappa shape index (κ1) is 13.6. The summed E-state index contributed by atoms with van der Waals surface area (Å²) >= 11 is 22.6. The minimum absolute atomic E-state index is 0.369. The van der Waals surface area contributed by atoms with Crippen LogP contribution in [0, 0.1) is 5.82 Å². The predicted octanol–water partition coefficient (Wildman–Crippen LogP) is 6.28. The Labute approximate surface area is 125 Å². The molecule has 0 saturated heterocycles. The first-order valence-electron chi connectivity index (χ1n) is 4.53. The van der Waals surface area contributed by atoms with E-state index in [-0.39, 0.29) is 5.82 Å². The summed E-state index contributed by atoms with van der Waals surface area (Å²) in [5, 5.41) is -0.649. The van der Waals surface area contributed by atoms with E-state index in [9.17, 15) is 4.39 Å². The van der Waals surface area contributed by atoms with Crippen LogP contribution in [-0.2, 0) is 0 Å². The Bertz CT molecular complexity index is 556. The predicted molar refractivity (Wildman–Crippen MR) is 76.1 cm³/mol. The van der Waals surface area contributed by atoms with Crippen LogP contribution in [0.15, 0.2) is 28.7 Å². The summed E-state index contributed by atoms with van der Waals surface area (Å²) in [5.41, 5.74) is 0.998. The average Bonchev–Trinajstić information content (AvgIpc) is 2.60. The highest BCUT2D eigenvalue weighted by Gasteiger charge is 2.20. The van der Waals surface area contributed by atoms with E-state index >= 15 is 0 Å². The second-order valence-corrected chi connectivity index (χ2v) is 6.95. The molecule has 90 valence electrons. The molecule has 17 heavy (non-hydrogen) atoms. The molecule has 0 bridgehead atoms. The van der Waals surface area contributed by atoms with Crippen LogP contribution in [-0.4, -0.2) is 0 Å². The SMILES string of the molecule is Fc1ccc(Br)cc1C(Cl)c1cc(Cl)sc1Cl. The van der Waals surface area contributed by atoms with Gasteiger partial charge in [-0.15, -0.1) is 22.9 Å². The smallest absolute Gasteiger partial charge is 0.128 e. The van der Waals surface area contributed by atoms with Gasteiger partial charge in [-0.3, -0.25) is 0 Å². The van der Waals surface area contributed by atoms with Crippen molar-refractivity contribution in [2.45, 2.75) is 5.38 Å². The summed E-state index contributed by atoms with van der Waals surface area (Å²) in [7, 11) is 0. The third kappa shape index (κ3) is 2.96. The molecule has 2 aromatic rings. The van der Waals surface area contributed by atoms with E-state index in [0.29, 0.717) is 19.8 Å². The third-order valence-corrected chi connectivity index (χ3v) is 4.67. The summed E-state index contributed by atoms with van der Waals surface area (Å²) in [6.07, 6.45) is 0. The van der Waals surface area contributed by atoms with E-state index in [4.69, 9.17) is 34.8 Å². The summed E-state index contributed by atoms with van der Waals surface area (Å²) < 4.78 is 15.4. The number of hydrogen-bond donors (Lipinski definition) is 0. The van der Waals surface area contributed by atoms with E-state index < -0.39 is 5.38 Å². The fourth-order valence-corrected chi connectivity index (χ4v) is 3.77. The van der Waals surface area contributed by atoms with Crippen molar-refractivity contribution in [2.24, 2.45) is 0 Å². The second-order valence-electron chi connectivity index (χ2n) is 3.31. The van der Waals surface area contributed by atoms with Gasteiger partial charge in [-0.05, 0) is 24.3 Å². The summed E-state index contributed by atoms with van der Waals surface area (Å²) in [6.45, 7) is 0.